The molecule has 1 amide bonds. The number of nitrogens with one attached hydrogen (secondary N) is 1. The Balaban J connectivity index is 1.77. The number of anilines is 1. The first kappa shape index (κ1) is 12.4. The summed E-state index contributed by atoms with van der Waals surface area (Å²) in [7, 11) is 0. The van der Waals surface area contributed by atoms with Gasteiger partial charge in [-0.1, -0.05) is 12.1 Å². The Morgan fingerprint density at radius 3 is 2.68 bits per heavy atom. The first-order valence-corrected chi connectivity index (χ1v) is 6.83. The Morgan fingerprint density at radius 2 is 1.95 bits per heavy atom. The Morgan fingerprint density at radius 1 is 1.21 bits per heavy atom. The summed E-state index contributed by atoms with van der Waals surface area (Å²) in [5, 5.41) is 2.82. The first-order valence-electron chi connectivity index (χ1n) is 6.83. The van der Waals surface area contributed by atoms with Gasteiger partial charge >= 0.3 is 0 Å². The highest BCUT2D eigenvalue weighted by molar-refractivity contribution is 5.99. The van der Waals surface area contributed by atoms with Crippen molar-refractivity contribution in [3.63, 3.8) is 0 Å². The summed E-state index contributed by atoms with van der Waals surface area (Å²) in [5.41, 5.74) is 9.34. The number of carbonyl (C=O) groups is 2. The minimum Gasteiger partial charge on any atom is -0.326 e. The van der Waals surface area contributed by atoms with E-state index in [-0.39, 0.29) is 11.9 Å². The maximum Gasteiger partial charge on any atom is 0.228 e. The van der Waals surface area contributed by atoms with Crippen LogP contribution in [-0.2, 0) is 16.0 Å². The van der Waals surface area contributed by atoms with Gasteiger partial charge < -0.3 is 11.1 Å². The SMILES string of the molecule is NC(c1ccc2c(c1)CC(=O)N2)C1CCC(=O)CC1. The lowest BCUT2D eigenvalue weighted by Crippen LogP contribution is -2.26. The van der Waals surface area contributed by atoms with Crippen molar-refractivity contribution in [3.05, 3.63) is 29.3 Å². The molecule has 0 bridgehead atoms. The number of hydrogen-bond acceptors (Lipinski definition) is 3. The van der Waals surface area contributed by atoms with Crippen molar-refractivity contribution in [1.82, 2.24) is 0 Å². The average Bonchev–Trinajstić information content (AvgIpc) is 2.77. The molecule has 0 aromatic heterocycles. The van der Waals surface area contributed by atoms with Crippen molar-refractivity contribution in [2.24, 2.45) is 11.7 Å². The maximum atomic E-state index is 11.3. The molecule has 100 valence electrons. The third-order valence-corrected chi connectivity index (χ3v) is 4.24. The van der Waals surface area contributed by atoms with Gasteiger partial charge in [-0.05, 0) is 36.0 Å². The number of hydrogen-bond donors (Lipinski definition) is 2. The van der Waals surface area contributed by atoms with Crippen molar-refractivity contribution in [2.45, 2.75) is 38.1 Å². The number of amides is 1. The van der Waals surface area contributed by atoms with E-state index in [1.165, 1.54) is 0 Å². The van der Waals surface area contributed by atoms with Crippen LogP contribution in [0.15, 0.2) is 18.2 Å². The summed E-state index contributed by atoms with van der Waals surface area (Å²) >= 11 is 0. The molecule has 4 nitrogen and oxygen atoms in total. The van der Waals surface area contributed by atoms with Crippen molar-refractivity contribution >= 4 is 17.4 Å². The van der Waals surface area contributed by atoms with Crippen LogP contribution in [0.25, 0.3) is 0 Å². The van der Waals surface area contributed by atoms with Crippen LogP contribution in [0.4, 0.5) is 5.69 Å². The summed E-state index contributed by atoms with van der Waals surface area (Å²) in [4.78, 5) is 22.6. The van der Waals surface area contributed by atoms with E-state index < -0.39 is 0 Å². The Bertz CT molecular complexity index is 529. The molecular weight excluding hydrogens is 240 g/mol. The van der Waals surface area contributed by atoms with Crippen molar-refractivity contribution in [3.8, 4) is 0 Å². The second-order valence-electron chi connectivity index (χ2n) is 5.54. The molecule has 1 atom stereocenters. The number of Topliss-reactive ketones (excluding diaryl/α,β-unsaturated/α-hetero) is 1. The average molecular weight is 258 g/mol. The van der Waals surface area contributed by atoms with Gasteiger partial charge in [-0.25, -0.2) is 0 Å². The van der Waals surface area contributed by atoms with E-state index >= 15 is 0 Å². The number of fused-ring (bicyclic) bond motifs is 1. The fraction of sp³-hybridized carbons (Fsp3) is 0.467. The highest BCUT2D eigenvalue weighted by Gasteiger charge is 2.26. The minimum atomic E-state index is -0.0332. The number of nitrogens with two attached hydrogens (primary N) is 1. The van der Waals surface area contributed by atoms with Crippen molar-refractivity contribution in [1.29, 1.82) is 0 Å². The number of rotatable bonds is 2. The van der Waals surface area contributed by atoms with E-state index in [9.17, 15) is 9.59 Å². The number of carbonyl (C=O) groups excluding carboxylic acids is 2. The lowest BCUT2D eigenvalue weighted by Gasteiger charge is -2.27. The highest BCUT2D eigenvalue weighted by Crippen LogP contribution is 2.34. The van der Waals surface area contributed by atoms with Crippen LogP contribution in [0.2, 0.25) is 0 Å². The maximum absolute atomic E-state index is 11.3. The topological polar surface area (TPSA) is 72.2 Å². The van der Waals surface area contributed by atoms with Crippen LogP contribution in [0, 0.1) is 5.92 Å². The van der Waals surface area contributed by atoms with E-state index in [1.807, 2.05) is 18.2 Å². The van der Waals surface area contributed by atoms with E-state index in [2.05, 4.69) is 5.32 Å². The fourth-order valence-electron chi connectivity index (χ4n) is 3.05. The van der Waals surface area contributed by atoms with E-state index in [4.69, 9.17) is 5.73 Å². The Labute approximate surface area is 112 Å². The molecule has 3 N–H and O–H groups in total. The van der Waals surface area contributed by atoms with Crippen LogP contribution in [-0.4, -0.2) is 11.7 Å². The van der Waals surface area contributed by atoms with Gasteiger partial charge in [-0.3, -0.25) is 9.59 Å². The molecule has 4 heteroatoms. The summed E-state index contributed by atoms with van der Waals surface area (Å²) in [6.45, 7) is 0. The van der Waals surface area contributed by atoms with E-state index in [0.29, 0.717) is 31.0 Å². The molecule has 1 aromatic rings. The lowest BCUT2D eigenvalue weighted by molar-refractivity contribution is -0.121. The molecule has 19 heavy (non-hydrogen) atoms. The Hall–Kier alpha value is -1.68. The third-order valence-electron chi connectivity index (χ3n) is 4.24. The molecule has 0 spiro atoms. The summed E-state index contributed by atoms with van der Waals surface area (Å²) < 4.78 is 0. The molecule has 3 rings (SSSR count). The predicted molar refractivity (Wildman–Crippen MR) is 72.7 cm³/mol. The normalized spacial score (nSPS) is 21.1. The van der Waals surface area contributed by atoms with E-state index in [0.717, 1.165) is 29.7 Å². The largest absolute Gasteiger partial charge is 0.326 e. The predicted octanol–water partition coefficient (Wildman–Crippen LogP) is 1.94. The molecule has 1 fully saturated rings. The summed E-state index contributed by atoms with van der Waals surface area (Å²) in [5.74, 6) is 0.775. The van der Waals surface area contributed by atoms with Crippen LogP contribution in [0.3, 0.4) is 0 Å². The van der Waals surface area contributed by atoms with Gasteiger partial charge in [-0.15, -0.1) is 0 Å². The first-order chi connectivity index (χ1) is 9.13. The molecular formula is C15H18N2O2. The summed E-state index contributed by atoms with van der Waals surface area (Å²) in [6, 6.07) is 5.93. The zero-order chi connectivity index (χ0) is 13.4. The van der Waals surface area contributed by atoms with Crippen LogP contribution in [0.5, 0.6) is 0 Å². The van der Waals surface area contributed by atoms with Gasteiger partial charge in [0.05, 0.1) is 6.42 Å². The van der Waals surface area contributed by atoms with Gasteiger partial charge in [-0.2, -0.15) is 0 Å². The van der Waals surface area contributed by atoms with Gasteiger partial charge in [0.25, 0.3) is 0 Å². The van der Waals surface area contributed by atoms with Crippen molar-refractivity contribution < 1.29 is 9.59 Å². The monoisotopic (exact) mass is 258 g/mol. The molecule has 1 aliphatic carbocycles. The second kappa shape index (κ2) is 4.78. The van der Waals surface area contributed by atoms with E-state index in [1.54, 1.807) is 0 Å². The van der Waals surface area contributed by atoms with Crippen LogP contribution < -0.4 is 11.1 Å². The molecule has 1 unspecified atom stereocenters. The molecule has 1 heterocycles. The van der Waals surface area contributed by atoms with Crippen LogP contribution >= 0.6 is 0 Å². The van der Waals surface area contributed by atoms with Gasteiger partial charge in [0.2, 0.25) is 5.91 Å². The summed E-state index contributed by atoms with van der Waals surface area (Å²) in [6.07, 6.45) is 3.52. The van der Waals surface area contributed by atoms with Crippen LogP contribution in [0.1, 0.15) is 42.9 Å². The van der Waals surface area contributed by atoms with Crippen molar-refractivity contribution in [2.75, 3.05) is 5.32 Å². The fourth-order valence-corrected chi connectivity index (χ4v) is 3.05. The molecule has 1 aromatic carbocycles. The standard InChI is InChI=1S/C15H18N2O2/c16-15(9-1-4-12(18)5-2-9)10-3-6-13-11(7-10)8-14(19)17-13/h3,6-7,9,15H,1-2,4-5,8,16H2,(H,17,19). The van der Waals surface area contributed by atoms with Gasteiger partial charge in [0.15, 0.2) is 0 Å². The molecule has 0 radical (unpaired) electrons. The highest BCUT2D eigenvalue weighted by atomic mass is 16.1. The minimum absolute atomic E-state index is 0.0332. The Kier molecular flexibility index (Phi) is 3.11. The quantitative estimate of drug-likeness (QED) is 0.851. The zero-order valence-corrected chi connectivity index (χ0v) is 10.8. The second-order valence-corrected chi connectivity index (χ2v) is 5.54. The molecule has 2 aliphatic rings. The van der Waals surface area contributed by atoms with Gasteiger partial charge in [0.1, 0.15) is 5.78 Å². The lowest BCUT2D eigenvalue weighted by atomic mass is 9.81. The third kappa shape index (κ3) is 2.40. The molecule has 0 saturated heterocycles. The smallest absolute Gasteiger partial charge is 0.228 e. The molecule has 1 saturated carbocycles. The number of ketones is 1. The number of benzene rings is 1. The van der Waals surface area contributed by atoms with Gasteiger partial charge in [0, 0.05) is 24.6 Å². The zero-order valence-electron chi connectivity index (χ0n) is 10.8. The molecule has 1 aliphatic heterocycles.